The smallest absolute Gasteiger partial charge is 0.273 e. The molecule has 3 aromatic rings. The van der Waals surface area contributed by atoms with Gasteiger partial charge in [-0.1, -0.05) is 12.1 Å². The van der Waals surface area contributed by atoms with Crippen molar-refractivity contribution in [2.45, 2.75) is 45.6 Å². The highest BCUT2D eigenvalue weighted by Crippen LogP contribution is 2.34. The first-order valence-electron chi connectivity index (χ1n) is 9.60. The Morgan fingerprint density at radius 3 is 2.66 bits per heavy atom. The Bertz CT molecular complexity index is 1160. The lowest BCUT2D eigenvalue weighted by molar-refractivity contribution is -0.121. The molecule has 150 valence electrons. The summed E-state index contributed by atoms with van der Waals surface area (Å²) in [5.74, 6) is 0.911. The molecule has 1 fully saturated rings. The number of amides is 2. The Labute approximate surface area is 166 Å². The third-order valence-electron chi connectivity index (χ3n) is 4.97. The van der Waals surface area contributed by atoms with Gasteiger partial charge in [-0.15, -0.1) is 0 Å². The Kier molecular flexibility index (Phi) is 4.92. The molecule has 1 aromatic carbocycles. The highest BCUT2D eigenvalue weighted by atomic mass is 16.3. The predicted molar refractivity (Wildman–Crippen MR) is 106 cm³/mol. The number of rotatable bonds is 5. The Morgan fingerprint density at radius 2 is 1.97 bits per heavy atom. The van der Waals surface area contributed by atoms with Gasteiger partial charge < -0.3 is 4.42 Å². The van der Waals surface area contributed by atoms with Gasteiger partial charge in [0.15, 0.2) is 0 Å². The van der Waals surface area contributed by atoms with E-state index < -0.39 is 5.91 Å². The number of nitrogens with zero attached hydrogens (tertiary/aromatic N) is 2. The van der Waals surface area contributed by atoms with E-state index in [4.69, 9.17) is 4.42 Å². The first kappa shape index (κ1) is 18.9. The highest BCUT2D eigenvalue weighted by Gasteiger charge is 2.28. The summed E-state index contributed by atoms with van der Waals surface area (Å²) in [6, 6.07) is 9.00. The van der Waals surface area contributed by atoms with Crippen LogP contribution in [0.25, 0.3) is 10.9 Å². The molecule has 0 spiro atoms. The molecule has 1 aliphatic carbocycles. The largest absolute Gasteiger partial charge is 0.466 e. The maximum atomic E-state index is 12.8. The first-order valence-corrected chi connectivity index (χ1v) is 9.60. The van der Waals surface area contributed by atoms with Crippen molar-refractivity contribution in [1.29, 1.82) is 0 Å². The van der Waals surface area contributed by atoms with Crippen LogP contribution in [0, 0.1) is 13.8 Å². The van der Waals surface area contributed by atoms with E-state index in [0.29, 0.717) is 40.2 Å². The zero-order valence-corrected chi connectivity index (χ0v) is 16.3. The molecule has 2 N–H and O–H groups in total. The van der Waals surface area contributed by atoms with Crippen LogP contribution in [0.5, 0.6) is 0 Å². The van der Waals surface area contributed by atoms with Crippen molar-refractivity contribution in [2.24, 2.45) is 0 Å². The fourth-order valence-corrected chi connectivity index (χ4v) is 3.42. The molecule has 0 saturated heterocycles. The summed E-state index contributed by atoms with van der Waals surface area (Å²) in [5.41, 5.74) is 5.74. The Balaban J connectivity index is 1.43. The maximum absolute atomic E-state index is 12.8. The second-order valence-electron chi connectivity index (χ2n) is 7.28. The molecule has 1 saturated carbocycles. The van der Waals surface area contributed by atoms with Gasteiger partial charge in [0.05, 0.1) is 16.5 Å². The molecule has 0 bridgehead atoms. The number of aryl methyl sites for hydroxylation is 3. The van der Waals surface area contributed by atoms with Crippen LogP contribution in [0.2, 0.25) is 0 Å². The molecule has 0 aliphatic heterocycles. The van der Waals surface area contributed by atoms with E-state index in [1.165, 1.54) is 0 Å². The molecule has 8 nitrogen and oxygen atoms in total. The minimum absolute atomic E-state index is 0.0624. The minimum Gasteiger partial charge on any atom is -0.466 e. The molecular weight excluding hydrogens is 372 g/mol. The molecule has 29 heavy (non-hydrogen) atoms. The fourth-order valence-electron chi connectivity index (χ4n) is 3.42. The van der Waals surface area contributed by atoms with Gasteiger partial charge in [-0.25, -0.2) is 4.98 Å². The molecule has 2 heterocycles. The van der Waals surface area contributed by atoms with Crippen molar-refractivity contribution < 1.29 is 14.0 Å². The third-order valence-corrected chi connectivity index (χ3v) is 4.97. The van der Waals surface area contributed by atoms with Crippen molar-refractivity contribution in [3.63, 3.8) is 0 Å². The molecule has 0 radical (unpaired) electrons. The number of hydrogen-bond donors (Lipinski definition) is 2. The minimum atomic E-state index is -0.439. The summed E-state index contributed by atoms with van der Waals surface area (Å²) < 4.78 is 7.04. The molecule has 0 unspecified atom stereocenters. The van der Waals surface area contributed by atoms with Crippen LogP contribution in [0.15, 0.2) is 39.5 Å². The Morgan fingerprint density at radius 1 is 1.21 bits per heavy atom. The van der Waals surface area contributed by atoms with Gasteiger partial charge in [-0.3, -0.25) is 29.8 Å². The monoisotopic (exact) mass is 394 g/mol. The molecule has 2 aromatic heterocycles. The van der Waals surface area contributed by atoms with Crippen LogP contribution in [0.4, 0.5) is 0 Å². The predicted octanol–water partition coefficient (Wildman–Crippen LogP) is 2.34. The fraction of sp³-hybridized carbons (Fsp3) is 0.333. The summed E-state index contributed by atoms with van der Waals surface area (Å²) in [5, 5.41) is 0.589. The Hall–Kier alpha value is -3.42. The quantitative estimate of drug-likeness (QED) is 0.646. The van der Waals surface area contributed by atoms with Gasteiger partial charge in [-0.2, -0.15) is 0 Å². The SMILES string of the molecule is Cc1cc(C(=O)NNC(=O)CCc2nc3ccccc3c(=O)n2C2CC2)c(C)o1. The van der Waals surface area contributed by atoms with E-state index in [0.717, 1.165) is 12.8 Å². The number of benzene rings is 1. The number of aromatic nitrogens is 2. The average Bonchev–Trinajstić information content (AvgIpc) is 3.47. The normalized spacial score (nSPS) is 13.4. The number of furan rings is 1. The number of fused-ring (bicyclic) bond motifs is 1. The van der Waals surface area contributed by atoms with E-state index in [1.807, 2.05) is 12.1 Å². The summed E-state index contributed by atoms with van der Waals surface area (Å²) in [6.45, 7) is 3.44. The maximum Gasteiger partial charge on any atom is 0.273 e. The lowest BCUT2D eigenvalue weighted by Crippen LogP contribution is -2.42. The number of para-hydroxylation sites is 1. The van der Waals surface area contributed by atoms with Crippen molar-refractivity contribution >= 4 is 22.7 Å². The lowest BCUT2D eigenvalue weighted by Gasteiger charge is -2.13. The van der Waals surface area contributed by atoms with E-state index >= 15 is 0 Å². The second kappa shape index (κ2) is 7.54. The van der Waals surface area contributed by atoms with Gasteiger partial charge in [0, 0.05) is 18.9 Å². The van der Waals surface area contributed by atoms with Crippen LogP contribution in [-0.4, -0.2) is 21.4 Å². The van der Waals surface area contributed by atoms with Gasteiger partial charge in [0.2, 0.25) is 5.91 Å². The standard InChI is InChI=1S/C21H22N4O4/c1-12-11-16(13(2)29-12)20(27)24-23-19(26)10-9-18-22-17-6-4-3-5-15(17)21(28)25(18)14-7-8-14/h3-6,11,14H,7-10H2,1-2H3,(H,23,26)(H,24,27). The number of hydrogen-bond acceptors (Lipinski definition) is 5. The number of nitrogens with one attached hydrogen (secondary N) is 2. The molecule has 0 atom stereocenters. The number of hydrazine groups is 1. The summed E-state index contributed by atoms with van der Waals surface area (Å²) in [7, 11) is 0. The van der Waals surface area contributed by atoms with Gasteiger partial charge in [0.25, 0.3) is 11.5 Å². The van der Waals surface area contributed by atoms with Crippen molar-refractivity contribution in [3.8, 4) is 0 Å². The zero-order chi connectivity index (χ0) is 20.5. The van der Waals surface area contributed by atoms with Crippen LogP contribution in [0.1, 0.15) is 53.0 Å². The number of carbonyl (C=O) groups is 2. The highest BCUT2D eigenvalue weighted by molar-refractivity contribution is 5.96. The third kappa shape index (κ3) is 3.91. The molecule has 2 amide bonds. The lowest BCUT2D eigenvalue weighted by atomic mass is 10.2. The molecular formula is C21H22N4O4. The molecule has 4 rings (SSSR count). The summed E-state index contributed by atoms with van der Waals surface area (Å²) >= 11 is 0. The second-order valence-corrected chi connectivity index (χ2v) is 7.28. The van der Waals surface area contributed by atoms with Crippen LogP contribution in [0.3, 0.4) is 0 Å². The number of carbonyl (C=O) groups excluding carboxylic acids is 2. The zero-order valence-electron chi connectivity index (χ0n) is 16.3. The topological polar surface area (TPSA) is 106 Å². The van der Waals surface area contributed by atoms with Crippen LogP contribution < -0.4 is 16.4 Å². The molecule has 1 aliphatic rings. The van der Waals surface area contributed by atoms with Crippen molar-refractivity contribution in [3.05, 3.63) is 63.6 Å². The van der Waals surface area contributed by atoms with E-state index in [1.54, 1.807) is 36.6 Å². The van der Waals surface area contributed by atoms with E-state index in [2.05, 4.69) is 15.8 Å². The first-order chi connectivity index (χ1) is 13.9. The van der Waals surface area contributed by atoms with Crippen LogP contribution >= 0.6 is 0 Å². The van der Waals surface area contributed by atoms with Crippen molar-refractivity contribution in [2.75, 3.05) is 0 Å². The average molecular weight is 394 g/mol. The van der Waals surface area contributed by atoms with Gasteiger partial charge in [0.1, 0.15) is 17.3 Å². The van der Waals surface area contributed by atoms with E-state index in [-0.39, 0.29) is 23.9 Å². The summed E-state index contributed by atoms with van der Waals surface area (Å²) in [6.07, 6.45) is 2.29. The van der Waals surface area contributed by atoms with E-state index in [9.17, 15) is 14.4 Å². The van der Waals surface area contributed by atoms with Crippen LogP contribution in [-0.2, 0) is 11.2 Å². The summed E-state index contributed by atoms with van der Waals surface area (Å²) in [4.78, 5) is 41.8. The van der Waals surface area contributed by atoms with Gasteiger partial charge in [-0.05, 0) is 44.9 Å². The van der Waals surface area contributed by atoms with Crippen molar-refractivity contribution in [1.82, 2.24) is 20.4 Å². The molecule has 8 heteroatoms. The van der Waals surface area contributed by atoms with Gasteiger partial charge >= 0.3 is 0 Å².